The van der Waals surface area contributed by atoms with E-state index in [2.05, 4.69) is 17.0 Å². The molecular formula is C33H42ClN2NaO6S. The second-order valence-corrected chi connectivity index (χ2v) is 14.5. The Hall–Kier alpha value is -1.62. The molecule has 1 heterocycles. The Bertz CT molecular complexity index is 1390. The molecule has 234 valence electrons. The number of rotatable bonds is 9. The number of hydrogen-bond donors (Lipinski definition) is 0. The van der Waals surface area contributed by atoms with Crippen LogP contribution in [0.3, 0.4) is 0 Å². The molecule has 44 heavy (non-hydrogen) atoms. The average molecular weight is 653 g/mol. The van der Waals surface area contributed by atoms with Crippen molar-refractivity contribution >= 4 is 40.2 Å². The third-order valence-corrected chi connectivity index (χ3v) is 11.3. The fraction of sp³-hybridized carbons (Fsp3) is 0.576. The van der Waals surface area contributed by atoms with E-state index in [0.717, 1.165) is 61.7 Å². The van der Waals surface area contributed by atoms with Gasteiger partial charge < -0.3 is 23.8 Å². The second-order valence-electron chi connectivity index (χ2n) is 12.8. The molecule has 1 fully saturated rings. The Morgan fingerprint density at radius 1 is 1.20 bits per heavy atom. The second kappa shape index (κ2) is 14.9. The van der Waals surface area contributed by atoms with E-state index < -0.39 is 16.3 Å². The number of fused-ring (bicyclic) bond motifs is 3. The number of esters is 1. The SMILES string of the molecule is COC(=O)c1ccc2c(c1)N(C[C@@H]1CC[C@H]1CN(C)C(=O)C[C@@H](C)[C@H](C)S(=O)[O-])C[C@@]1(CCCc3cc(Cl)ccc31)CO2.[Na+]. The van der Waals surface area contributed by atoms with Crippen LogP contribution in [-0.2, 0) is 32.4 Å². The maximum absolute atomic E-state index is 13.0. The Morgan fingerprint density at radius 3 is 2.64 bits per heavy atom. The quantitative estimate of drug-likeness (QED) is 0.233. The zero-order valence-corrected chi connectivity index (χ0v) is 30.0. The third kappa shape index (κ3) is 7.50. The smallest absolute Gasteiger partial charge is 0.772 e. The van der Waals surface area contributed by atoms with Crippen molar-refractivity contribution in [3.63, 3.8) is 0 Å². The van der Waals surface area contributed by atoms with Crippen LogP contribution in [0.4, 0.5) is 5.69 Å². The monoisotopic (exact) mass is 652 g/mol. The number of amides is 1. The molecule has 2 aromatic carbocycles. The third-order valence-electron chi connectivity index (χ3n) is 10.0. The van der Waals surface area contributed by atoms with Crippen LogP contribution >= 0.6 is 11.6 Å². The van der Waals surface area contributed by atoms with Gasteiger partial charge in [0.05, 0.1) is 25.0 Å². The fourth-order valence-electron chi connectivity index (χ4n) is 7.00. The largest absolute Gasteiger partial charge is 1.00 e. The molecule has 8 nitrogen and oxygen atoms in total. The predicted octanol–water partition coefficient (Wildman–Crippen LogP) is 2.38. The first-order valence-corrected chi connectivity index (χ1v) is 16.7. The van der Waals surface area contributed by atoms with Crippen molar-refractivity contribution in [1.82, 2.24) is 4.90 Å². The summed E-state index contributed by atoms with van der Waals surface area (Å²) in [4.78, 5) is 29.6. The summed E-state index contributed by atoms with van der Waals surface area (Å²) in [6.45, 7) is 6.16. The molecule has 1 aliphatic heterocycles. The van der Waals surface area contributed by atoms with Gasteiger partial charge in [0.15, 0.2) is 0 Å². The summed E-state index contributed by atoms with van der Waals surface area (Å²) in [7, 11) is 3.21. The molecule has 0 N–H and O–H groups in total. The Labute approximate surface area is 290 Å². The van der Waals surface area contributed by atoms with Gasteiger partial charge in [0.25, 0.3) is 0 Å². The molecule has 0 bridgehead atoms. The molecule has 0 radical (unpaired) electrons. The van der Waals surface area contributed by atoms with Gasteiger partial charge in [-0.1, -0.05) is 42.6 Å². The van der Waals surface area contributed by atoms with Crippen LogP contribution < -0.4 is 39.2 Å². The molecule has 5 rings (SSSR count). The first kappa shape index (κ1) is 35.2. The molecule has 6 atom stereocenters. The van der Waals surface area contributed by atoms with E-state index >= 15 is 0 Å². The van der Waals surface area contributed by atoms with Crippen molar-refractivity contribution in [3.8, 4) is 5.75 Å². The number of nitrogens with zero attached hydrogens (tertiary/aromatic N) is 2. The summed E-state index contributed by atoms with van der Waals surface area (Å²) >= 11 is 4.19. The first-order valence-electron chi connectivity index (χ1n) is 15.2. The number of anilines is 1. The van der Waals surface area contributed by atoms with Gasteiger partial charge >= 0.3 is 35.5 Å². The van der Waals surface area contributed by atoms with E-state index in [4.69, 9.17) is 21.1 Å². The zero-order chi connectivity index (χ0) is 30.9. The minimum absolute atomic E-state index is 0. The number of hydrogen-bond acceptors (Lipinski definition) is 7. The van der Waals surface area contributed by atoms with Crippen molar-refractivity contribution < 1.29 is 57.4 Å². The van der Waals surface area contributed by atoms with Crippen LogP contribution in [0.25, 0.3) is 0 Å². The van der Waals surface area contributed by atoms with Crippen LogP contribution in [0, 0.1) is 17.8 Å². The van der Waals surface area contributed by atoms with Crippen molar-refractivity contribution in [1.29, 1.82) is 0 Å². The molecule has 0 aromatic heterocycles. The molecule has 2 aromatic rings. The van der Waals surface area contributed by atoms with Crippen molar-refractivity contribution in [2.75, 3.05) is 45.3 Å². The summed E-state index contributed by atoms with van der Waals surface area (Å²) in [5, 5.41) is 0.177. The van der Waals surface area contributed by atoms with E-state index in [1.165, 1.54) is 18.2 Å². The minimum atomic E-state index is -2.20. The van der Waals surface area contributed by atoms with E-state index in [1.807, 2.05) is 32.2 Å². The summed E-state index contributed by atoms with van der Waals surface area (Å²) < 4.78 is 34.3. The van der Waals surface area contributed by atoms with E-state index in [-0.39, 0.29) is 59.2 Å². The molecule has 1 amide bonds. The summed E-state index contributed by atoms with van der Waals surface area (Å²) in [6, 6.07) is 11.7. The number of carbonyl (C=O) groups is 2. The molecule has 3 aliphatic rings. The fourth-order valence-corrected chi connectivity index (χ4v) is 7.67. The van der Waals surface area contributed by atoms with Crippen molar-refractivity contribution in [3.05, 3.63) is 58.1 Å². The maximum Gasteiger partial charge on any atom is 1.00 e. The van der Waals surface area contributed by atoms with Crippen molar-refractivity contribution in [2.45, 2.75) is 63.0 Å². The van der Waals surface area contributed by atoms with Gasteiger partial charge in [-0.2, -0.15) is 0 Å². The molecule has 2 aliphatic carbocycles. The molecular weight excluding hydrogens is 611 g/mol. The Balaban J connectivity index is 0.00000442. The van der Waals surface area contributed by atoms with E-state index in [9.17, 15) is 18.4 Å². The van der Waals surface area contributed by atoms with Gasteiger partial charge in [-0.15, -0.1) is 0 Å². The van der Waals surface area contributed by atoms with Crippen LogP contribution in [0.1, 0.15) is 67.4 Å². The summed E-state index contributed by atoms with van der Waals surface area (Å²) in [6.07, 6.45) is 5.32. The molecule has 1 spiro atoms. The van der Waals surface area contributed by atoms with E-state index in [0.29, 0.717) is 30.6 Å². The molecule has 1 saturated carbocycles. The molecule has 11 heteroatoms. The van der Waals surface area contributed by atoms with Gasteiger partial charge in [0, 0.05) is 48.8 Å². The van der Waals surface area contributed by atoms with Crippen LogP contribution in [-0.4, -0.2) is 71.2 Å². The average Bonchev–Trinajstić information content (AvgIpc) is 3.13. The Kier molecular flexibility index (Phi) is 11.9. The summed E-state index contributed by atoms with van der Waals surface area (Å²) in [5.41, 5.74) is 3.72. The molecule has 1 unspecified atom stereocenters. The maximum atomic E-state index is 13.0. The van der Waals surface area contributed by atoms with Gasteiger partial charge in [0.2, 0.25) is 5.91 Å². The topological polar surface area (TPSA) is 99.2 Å². The predicted molar refractivity (Wildman–Crippen MR) is 168 cm³/mol. The first-order chi connectivity index (χ1) is 20.5. The number of aryl methyl sites for hydroxylation is 1. The van der Waals surface area contributed by atoms with Gasteiger partial charge in [-0.25, -0.2) is 4.79 Å². The zero-order valence-electron chi connectivity index (χ0n) is 26.5. The number of carbonyl (C=O) groups excluding carboxylic acids is 2. The number of halogens is 1. The van der Waals surface area contributed by atoms with E-state index in [1.54, 1.807) is 17.9 Å². The summed E-state index contributed by atoms with van der Waals surface area (Å²) in [5.74, 6) is 0.799. The number of methoxy groups -OCH3 is 1. The minimum Gasteiger partial charge on any atom is -0.772 e. The number of benzene rings is 2. The Morgan fingerprint density at radius 2 is 1.95 bits per heavy atom. The van der Waals surface area contributed by atoms with Crippen LogP contribution in [0.15, 0.2) is 36.4 Å². The van der Waals surface area contributed by atoms with Gasteiger partial charge in [-0.05, 0) is 91.3 Å². The number of ether oxygens (including phenoxy) is 2. The van der Waals surface area contributed by atoms with Gasteiger partial charge in [0.1, 0.15) is 5.75 Å². The molecule has 0 saturated heterocycles. The standard InChI is InChI=1S/C33H43ClN2O6S.Na/c1-21(22(2)43(39)40)14-31(37)35(3)17-25-7-8-26(25)18-36-19-33(13-5-6-23-15-27(34)10-11-28(23)33)20-42-30-12-9-24(16-29(30)36)32(38)41-4;/h9-12,15-16,21-22,25-26H,5-8,13-14,17-20H2,1-4H3,(H,39,40);/q;+1/p-1/t21-,22+,25+,26+,33+;/m1./s1. The van der Waals surface area contributed by atoms with Crippen molar-refractivity contribution in [2.24, 2.45) is 17.8 Å². The van der Waals surface area contributed by atoms with Crippen LogP contribution in [0.5, 0.6) is 5.75 Å². The van der Waals surface area contributed by atoms with Crippen LogP contribution in [0.2, 0.25) is 5.02 Å². The van der Waals surface area contributed by atoms with Gasteiger partial charge in [-0.3, -0.25) is 9.00 Å². The normalized spacial score (nSPS) is 24.3.